The average molecular weight is 355 g/mol. The Morgan fingerprint density at radius 1 is 1.25 bits per heavy atom. The van der Waals surface area contributed by atoms with Crippen molar-refractivity contribution >= 4 is 14.1 Å². The lowest BCUT2D eigenvalue weighted by Crippen LogP contribution is -2.49. The Balaban J connectivity index is 2.86. The summed E-state index contributed by atoms with van der Waals surface area (Å²) in [4.78, 5) is 12.6. The van der Waals surface area contributed by atoms with Crippen molar-refractivity contribution in [2.45, 2.75) is 99.2 Å². The Morgan fingerprint density at radius 3 is 2.21 bits per heavy atom. The maximum Gasteiger partial charge on any atom is 0.191 e. The smallest absolute Gasteiger partial charge is 0.191 e. The first-order valence-corrected chi connectivity index (χ1v) is 12.7. The Kier molecular flexibility index (Phi) is 6.59. The van der Waals surface area contributed by atoms with Crippen LogP contribution in [0.4, 0.5) is 0 Å². The standard InChI is InChI=1S/C21H42O2Si/c1-16(2)18-11-12-20(7,21(8,15-18)17(3)22)13-14-23-24(9,10)19(4,5)6/h16,18H,11-15H2,1-10H3/t18-,20-,21+/m1/s1. The molecule has 142 valence electrons. The van der Waals surface area contributed by atoms with Crippen molar-refractivity contribution in [1.82, 2.24) is 0 Å². The van der Waals surface area contributed by atoms with Crippen LogP contribution in [0.25, 0.3) is 0 Å². The lowest BCUT2D eigenvalue weighted by molar-refractivity contribution is -0.140. The van der Waals surface area contributed by atoms with Gasteiger partial charge in [-0.2, -0.15) is 0 Å². The molecule has 1 fully saturated rings. The highest BCUT2D eigenvalue weighted by molar-refractivity contribution is 6.74. The summed E-state index contributed by atoms with van der Waals surface area (Å²) >= 11 is 0. The van der Waals surface area contributed by atoms with E-state index < -0.39 is 8.32 Å². The van der Waals surface area contributed by atoms with E-state index in [-0.39, 0.29) is 15.9 Å². The molecule has 0 bridgehead atoms. The highest BCUT2D eigenvalue weighted by atomic mass is 28.4. The third-order valence-electron chi connectivity index (χ3n) is 7.71. The molecule has 0 spiro atoms. The fourth-order valence-corrected chi connectivity index (χ4v) is 4.98. The minimum absolute atomic E-state index is 0.0621. The molecule has 1 rings (SSSR count). The fraction of sp³-hybridized carbons (Fsp3) is 0.952. The molecule has 0 aromatic rings. The Morgan fingerprint density at radius 2 is 1.79 bits per heavy atom. The lowest BCUT2D eigenvalue weighted by Gasteiger charge is -2.52. The molecule has 0 N–H and O–H groups in total. The maximum absolute atomic E-state index is 12.6. The number of rotatable bonds is 6. The van der Waals surface area contributed by atoms with E-state index in [1.807, 2.05) is 0 Å². The van der Waals surface area contributed by atoms with Crippen molar-refractivity contribution in [3.63, 3.8) is 0 Å². The van der Waals surface area contributed by atoms with Crippen LogP contribution in [0.5, 0.6) is 0 Å². The number of ketones is 1. The van der Waals surface area contributed by atoms with Crippen molar-refractivity contribution in [3.05, 3.63) is 0 Å². The van der Waals surface area contributed by atoms with E-state index in [4.69, 9.17) is 4.43 Å². The van der Waals surface area contributed by atoms with Crippen LogP contribution >= 0.6 is 0 Å². The van der Waals surface area contributed by atoms with Crippen LogP contribution in [0.3, 0.4) is 0 Å². The number of hydrogen-bond acceptors (Lipinski definition) is 2. The summed E-state index contributed by atoms with van der Waals surface area (Å²) in [7, 11) is -1.71. The van der Waals surface area contributed by atoms with E-state index >= 15 is 0 Å². The van der Waals surface area contributed by atoms with Gasteiger partial charge in [0.15, 0.2) is 8.32 Å². The van der Waals surface area contributed by atoms with E-state index in [0.717, 1.165) is 25.9 Å². The summed E-state index contributed by atoms with van der Waals surface area (Å²) < 4.78 is 6.44. The molecule has 0 radical (unpaired) electrons. The molecule has 0 saturated heterocycles. The molecule has 1 aliphatic carbocycles. The molecule has 2 nitrogen and oxygen atoms in total. The van der Waals surface area contributed by atoms with E-state index in [2.05, 4.69) is 61.6 Å². The first-order valence-electron chi connectivity index (χ1n) is 9.81. The first kappa shape index (κ1) is 21.9. The summed E-state index contributed by atoms with van der Waals surface area (Å²) in [6, 6.07) is 0. The van der Waals surface area contributed by atoms with Crippen molar-refractivity contribution in [2.24, 2.45) is 22.7 Å². The van der Waals surface area contributed by atoms with Crippen LogP contribution in [0, 0.1) is 22.7 Å². The summed E-state index contributed by atoms with van der Waals surface area (Å²) in [5, 5.41) is 0.243. The summed E-state index contributed by atoms with van der Waals surface area (Å²) in [5.74, 6) is 1.70. The van der Waals surface area contributed by atoms with Gasteiger partial charge in [-0.15, -0.1) is 0 Å². The van der Waals surface area contributed by atoms with Crippen LogP contribution in [-0.4, -0.2) is 20.7 Å². The van der Waals surface area contributed by atoms with E-state index in [1.54, 1.807) is 6.92 Å². The molecule has 3 heteroatoms. The maximum atomic E-state index is 12.6. The number of Topliss-reactive ketones (excluding diaryl/α,β-unsaturated/α-hetero) is 1. The predicted octanol–water partition coefficient (Wildman–Crippen LogP) is 6.46. The first-order chi connectivity index (χ1) is 10.7. The van der Waals surface area contributed by atoms with Gasteiger partial charge in [0.05, 0.1) is 0 Å². The van der Waals surface area contributed by atoms with Gasteiger partial charge >= 0.3 is 0 Å². The fourth-order valence-electron chi connectivity index (χ4n) is 3.94. The zero-order valence-corrected chi connectivity index (χ0v) is 19.0. The molecule has 0 unspecified atom stereocenters. The van der Waals surface area contributed by atoms with Crippen LogP contribution < -0.4 is 0 Å². The van der Waals surface area contributed by atoms with Crippen molar-refractivity contribution in [1.29, 1.82) is 0 Å². The largest absolute Gasteiger partial charge is 0.417 e. The number of hydrogen-bond donors (Lipinski definition) is 0. The van der Waals surface area contributed by atoms with Crippen LogP contribution in [0.1, 0.15) is 81.1 Å². The van der Waals surface area contributed by atoms with E-state index in [1.165, 1.54) is 6.42 Å². The zero-order chi connectivity index (χ0) is 19.0. The molecular formula is C21H42O2Si. The second-order valence-corrected chi connectivity index (χ2v) is 15.4. The Labute approximate surface area is 152 Å². The topological polar surface area (TPSA) is 26.3 Å². The van der Waals surface area contributed by atoms with Crippen molar-refractivity contribution in [3.8, 4) is 0 Å². The zero-order valence-electron chi connectivity index (χ0n) is 18.0. The van der Waals surface area contributed by atoms with Gasteiger partial charge in [0.1, 0.15) is 5.78 Å². The minimum atomic E-state index is -1.71. The quantitative estimate of drug-likeness (QED) is 0.512. The molecule has 0 amide bonds. The predicted molar refractivity (Wildman–Crippen MR) is 107 cm³/mol. The Bertz CT molecular complexity index is 449. The molecule has 3 atom stereocenters. The average Bonchev–Trinajstić information content (AvgIpc) is 2.40. The van der Waals surface area contributed by atoms with Gasteiger partial charge in [0.25, 0.3) is 0 Å². The molecule has 1 saturated carbocycles. The van der Waals surface area contributed by atoms with Crippen LogP contribution in [0.2, 0.25) is 18.1 Å². The molecule has 24 heavy (non-hydrogen) atoms. The minimum Gasteiger partial charge on any atom is -0.417 e. The molecular weight excluding hydrogens is 312 g/mol. The SMILES string of the molecule is CC(=O)[C@]1(C)C[C@H](C(C)C)CC[C@]1(C)CCO[Si](C)(C)C(C)(C)C. The molecule has 1 aliphatic rings. The normalized spacial score (nSPS) is 32.2. The van der Waals surface area contributed by atoms with Crippen LogP contribution in [-0.2, 0) is 9.22 Å². The van der Waals surface area contributed by atoms with E-state index in [0.29, 0.717) is 17.6 Å². The van der Waals surface area contributed by atoms with Gasteiger partial charge in [-0.1, -0.05) is 48.5 Å². The highest BCUT2D eigenvalue weighted by Crippen LogP contribution is 2.56. The molecule has 0 aromatic carbocycles. The van der Waals surface area contributed by atoms with Crippen molar-refractivity contribution < 1.29 is 9.22 Å². The summed E-state index contributed by atoms with van der Waals surface area (Å²) in [5.41, 5.74) is -0.149. The third kappa shape index (κ3) is 4.33. The lowest BCUT2D eigenvalue weighted by atomic mass is 9.51. The second kappa shape index (κ2) is 7.23. The molecule has 0 heterocycles. The van der Waals surface area contributed by atoms with Gasteiger partial charge in [0, 0.05) is 12.0 Å². The van der Waals surface area contributed by atoms with Gasteiger partial charge in [0.2, 0.25) is 0 Å². The monoisotopic (exact) mass is 354 g/mol. The summed E-state index contributed by atoms with van der Waals surface area (Å²) in [6.45, 7) is 23.2. The van der Waals surface area contributed by atoms with Crippen LogP contribution in [0.15, 0.2) is 0 Å². The summed E-state index contributed by atoms with van der Waals surface area (Å²) in [6.07, 6.45) is 4.43. The highest BCUT2D eigenvalue weighted by Gasteiger charge is 2.52. The van der Waals surface area contributed by atoms with Crippen molar-refractivity contribution in [2.75, 3.05) is 6.61 Å². The third-order valence-corrected chi connectivity index (χ3v) is 12.3. The Hall–Kier alpha value is -0.153. The van der Waals surface area contributed by atoms with Gasteiger partial charge in [-0.05, 0) is 68.0 Å². The number of carbonyl (C=O) groups excluding carboxylic acids is 1. The number of carbonyl (C=O) groups is 1. The van der Waals surface area contributed by atoms with Gasteiger partial charge < -0.3 is 4.43 Å². The molecule has 0 aliphatic heterocycles. The molecule has 0 aromatic heterocycles. The van der Waals surface area contributed by atoms with Gasteiger partial charge in [-0.3, -0.25) is 4.79 Å². The van der Waals surface area contributed by atoms with E-state index in [9.17, 15) is 4.79 Å². The van der Waals surface area contributed by atoms with Gasteiger partial charge in [-0.25, -0.2) is 0 Å². The second-order valence-electron chi connectivity index (χ2n) is 10.6.